The van der Waals surface area contributed by atoms with Crippen molar-refractivity contribution in [1.82, 2.24) is 20.2 Å². The molecule has 0 bridgehead atoms. The number of rotatable bonds is 10. The fourth-order valence-corrected chi connectivity index (χ4v) is 3.38. The van der Waals surface area contributed by atoms with Crippen molar-refractivity contribution in [2.75, 3.05) is 27.2 Å². The van der Waals surface area contributed by atoms with Crippen LogP contribution in [0, 0.1) is 0 Å². The summed E-state index contributed by atoms with van der Waals surface area (Å²) >= 11 is 5.77. The number of hydrogen-bond donors (Lipinski definition) is 2. The number of aliphatic hydroxyl groups excluding tert-OH is 1. The molecule has 168 valence electrons. The first-order valence-electron chi connectivity index (χ1n) is 10.3. The average Bonchev–Trinajstić information content (AvgIpc) is 2.82. The highest BCUT2D eigenvalue weighted by Gasteiger charge is 2.14. The van der Waals surface area contributed by atoms with Crippen molar-refractivity contribution in [3.63, 3.8) is 0 Å². The van der Waals surface area contributed by atoms with Crippen molar-refractivity contribution in [3.8, 4) is 5.88 Å². The number of aromatic nitrogens is 2. The molecule has 2 N–H and O–H groups in total. The van der Waals surface area contributed by atoms with Crippen LogP contribution in [-0.4, -0.2) is 53.1 Å². The summed E-state index contributed by atoms with van der Waals surface area (Å²) in [6.45, 7) is 1.53. The SMILES string of the molecule is COc1ncccc1CN(C)C(=O)c1ccc(CCNCC(O)c2ccc(Cl)nc2)cc1. The van der Waals surface area contributed by atoms with Gasteiger partial charge in [-0.3, -0.25) is 4.79 Å². The highest BCUT2D eigenvalue weighted by molar-refractivity contribution is 6.29. The molecule has 7 nitrogen and oxygen atoms in total. The van der Waals surface area contributed by atoms with Crippen LogP contribution in [0.2, 0.25) is 5.15 Å². The lowest BCUT2D eigenvalue weighted by Gasteiger charge is -2.18. The fraction of sp³-hybridized carbons (Fsp3) is 0.292. The zero-order valence-corrected chi connectivity index (χ0v) is 18.9. The van der Waals surface area contributed by atoms with Crippen molar-refractivity contribution in [2.24, 2.45) is 0 Å². The smallest absolute Gasteiger partial charge is 0.253 e. The Bertz CT molecular complexity index is 1010. The second-order valence-electron chi connectivity index (χ2n) is 7.41. The molecule has 1 atom stereocenters. The number of nitrogens with zero attached hydrogens (tertiary/aromatic N) is 3. The Balaban J connectivity index is 1.46. The van der Waals surface area contributed by atoms with Gasteiger partial charge in [-0.25, -0.2) is 9.97 Å². The van der Waals surface area contributed by atoms with E-state index < -0.39 is 6.10 Å². The van der Waals surface area contributed by atoms with Crippen LogP contribution in [0.5, 0.6) is 5.88 Å². The Hall–Kier alpha value is -3.00. The first-order valence-corrected chi connectivity index (χ1v) is 10.7. The highest BCUT2D eigenvalue weighted by atomic mass is 35.5. The minimum Gasteiger partial charge on any atom is -0.481 e. The molecule has 2 aromatic heterocycles. The lowest BCUT2D eigenvalue weighted by atomic mass is 10.1. The maximum Gasteiger partial charge on any atom is 0.253 e. The number of benzene rings is 1. The van der Waals surface area contributed by atoms with E-state index in [4.69, 9.17) is 16.3 Å². The first kappa shape index (κ1) is 23.7. The van der Waals surface area contributed by atoms with Gasteiger partial charge in [0.2, 0.25) is 5.88 Å². The number of aliphatic hydroxyl groups is 1. The van der Waals surface area contributed by atoms with E-state index >= 15 is 0 Å². The van der Waals surface area contributed by atoms with E-state index in [0.29, 0.717) is 36.2 Å². The van der Waals surface area contributed by atoms with E-state index in [2.05, 4.69) is 15.3 Å². The average molecular weight is 455 g/mol. The number of nitrogens with one attached hydrogen (secondary N) is 1. The molecule has 0 fully saturated rings. The monoisotopic (exact) mass is 454 g/mol. The summed E-state index contributed by atoms with van der Waals surface area (Å²) in [4.78, 5) is 22.6. The normalized spacial score (nSPS) is 11.8. The van der Waals surface area contributed by atoms with Gasteiger partial charge in [0.1, 0.15) is 5.15 Å². The van der Waals surface area contributed by atoms with Crippen molar-refractivity contribution in [1.29, 1.82) is 0 Å². The summed E-state index contributed by atoms with van der Waals surface area (Å²) in [7, 11) is 3.32. The second-order valence-corrected chi connectivity index (χ2v) is 7.80. The minimum atomic E-state index is -0.645. The van der Waals surface area contributed by atoms with Gasteiger partial charge in [-0.1, -0.05) is 35.9 Å². The number of pyridine rings is 2. The highest BCUT2D eigenvalue weighted by Crippen LogP contribution is 2.17. The molecule has 8 heteroatoms. The molecule has 32 heavy (non-hydrogen) atoms. The van der Waals surface area contributed by atoms with E-state index in [0.717, 1.165) is 23.1 Å². The lowest BCUT2D eigenvalue weighted by molar-refractivity contribution is 0.0784. The number of carbonyl (C=O) groups is 1. The van der Waals surface area contributed by atoms with Gasteiger partial charge in [0.05, 0.1) is 19.8 Å². The van der Waals surface area contributed by atoms with E-state index in [9.17, 15) is 9.90 Å². The molecule has 3 aromatic rings. The number of amides is 1. The number of hydrogen-bond acceptors (Lipinski definition) is 6. The van der Waals surface area contributed by atoms with Gasteiger partial charge >= 0.3 is 0 Å². The Morgan fingerprint density at radius 3 is 2.66 bits per heavy atom. The van der Waals surface area contributed by atoms with E-state index in [1.54, 1.807) is 43.6 Å². The van der Waals surface area contributed by atoms with Crippen LogP contribution in [0.3, 0.4) is 0 Å². The Labute approximate surface area is 193 Å². The van der Waals surface area contributed by atoms with Gasteiger partial charge in [0.15, 0.2) is 0 Å². The van der Waals surface area contributed by atoms with Crippen molar-refractivity contribution in [2.45, 2.75) is 19.1 Å². The van der Waals surface area contributed by atoms with Gasteiger partial charge < -0.3 is 20.1 Å². The van der Waals surface area contributed by atoms with E-state index in [-0.39, 0.29) is 5.91 Å². The Kier molecular flexibility index (Phi) is 8.56. The molecule has 2 heterocycles. The molecule has 0 saturated carbocycles. The number of carbonyl (C=O) groups excluding carboxylic acids is 1. The molecule has 1 unspecified atom stereocenters. The van der Waals surface area contributed by atoms with Crippen molar-refractivity contribution < 1.29 is 14.6 Å². The third-order valence-electron chi connectivity index (χ3n) is 5.06. The summed E-state index contributed by atoms with van der Waals surface area (Å²) in [5.41, 5.74) is 3.30. The van der Waals surface area contributed by atoms with E-state index in [1.807, 2.05) is 36.4 Å². The van der Waals surface area contributed by atoms with Crippen molar-refractivity contribution in [3.05, 3.63) is 88.3 Å². The number of ether oxygens (including phenoxy) is 1. The maximum atomic E-state index is 12.8. The third kappa shape index (κ3) is 6.50. The molecule has 0 spiro atoms. The summed E-state index contributed by atoms with van der Waals surface area (Å²) < 4.78 is 5.26. The zero-order valence-electron chi connectivity index (χ0n) is 18.2. The lowest BCUT2D eigenvalue weighted by Crippen LogP contribution is -2.26. The molecule has 1 aromatic carbocycles. The van der Waals surface area contributed by atoms with Crippen LogP contribution in [-0.2, 0) is 13.0 Å². The van der Waals surface area contributed by atoms with Crippen LogP contribution < -0.4 is 10.1 Å². The molecular weight excluding hydrogens is 428 g/mol. The van der Waals surface area contributed by atoms with Crippen molar-refractivity contribution >= 4 is 17.5 Å². The topological polar surface area (TPSA) is 87.6 Å². The van der Waals surface area contributed by atoms with Gasteiger partial charge in [0, 0.05) is 42.7 Å². The number of halogens is 1. The Morgan fingerprint density at radius 2 is 1.97 bits per heavy atom. The van der Waals surface area contributed by atoms with Gasteiger partial charge in [-0.2, -0.15) is 0 Å². The Morgan fingerprint density at radius 1 is 1.19 bits per heavy atom. The van der Waals surface area contributed by atoms with Crippen LogP contribution in [0.15, 0.2) is 60.9 Å². The molecule has 0 saturated heterocycles. The van der Waals surface area contributed by atoms with E-state index in [1.165, 1.54) is 0 Å². The predicted molar refractivity (Wildman–Crippen MR) is 124 cm³/mol. The molecule has 0 aliphatic rings. The standard InChI is InChI=1S/C24H27ClN4O3/c1-29(16-20-4-3-12-27-23(20)32-2)24(31)18-7-5-17(6-8-18)11-13-26-15-21(30)19-9-10-22(25)28-14-19/h3-10,12,14,21,26,30H,11,13,15-16H2,1-2H3. The van der Waals surface area contributed by atoms with Crippen LogP contribution in [0.1, 0.15) is 33.2 Å². The number of methoxy groups -OCH3 is 1. The van der Waals surface area contributed by atoms with Gasteiger partial charge in [-0.05, 0) is 42.8 Å². The van der Waals surface area contributed by atoms with Gasteiger partial charge in [-0.15, -0.1) is 0 Å². The van der Waals surface area contributed by atoms with Crippen LogP contribution >= 0.6 is 11.6 Å². The maximum absolute atomic E-state index is 12.8. The molecule has 1 amide bonds. The quantitative estimate of drug-likeness (QED) is 0.361. The molecule has 0 aliphatic carbocycles. The van der Waals surface area contributed by atoms with Crippen LogP contribution in [0.25, 0.3) is 0 Å². The molecule has 0 radical (unpaired) electrons. The van der Waals surface area contributed by atoms with Gasteiger partial charge in [0.25, 0.3) is 5.91 Å². The van der Waals surface area contributed by atoms with Crippen LogP contribution in [0.4, 0.5) is 0 Å². The summed E-state index contributed by atoms with van der Waals surface area (Å²) in [6.07, 6.45) is 3.37. The third-order valence-corrected chi connectivity index (χ3v) is 5.29. The minimum absolute atomic E-state index is 0.0692. The molecular formula is C24H27ClN4O3. The molecule has 0 aliphatic heterocycles. The first-order chi connectivity index (χ1) is 15.5. The predicted octanol–water partition coefficient (Wildman–Crippen LogP) is 3.28. The summed E-state index contributed by atoms with van der Waals surface area (Å²) in [5, 5.41) is 13.8. The largest absolute Gasteiger partial charge is 0.481 e. The summed E-state index contributed by atoms with van der Waals surface area (Å²) in [6, 6.07) is 14.7. The summed E-state index contributed by atoms with van der Waals surface area (Å²) in [5.74, 6) is 0.452. The second kappa shape index (κ2) is 11.6. The zero-order chi connectivity index (χ0) is 22.9. The molecule has 3 rings (SSSR count). The fourth-order valence-electron chi connectivity index (χ4n) is 3.26.